The number of nitrogens with one attached hydrogen (secondary N) is 1. The molecule has 1 fully saturated rings. The van der Waals surface area contributed by atoms with Crippen molar-refractivity contribution in [3.8, 4) is 35.3 Å². The fraction of sp³-hybridized carbons (Fsp3) is 0.214. The lowest BCUT2D eigenvalue weighted by Gasteiger charge is -2.20. The van der Waals surface area contributed by atoms with Crippen molar-refractivity contribution in [2.75, 3.05) is 37.5 Å². The van der Waals surface area contributed by atoms with Gasteiger partial charge in [-0.05, 0) is 60.3 Å². The summed E-state index contributed by atoms with van der Waals surface area (Å²) in [6.45, 7) is 1.08. The van der Waals surface area contributed by atoms with Crippen molar-refractivity contribution in [3.05, 3.63) is 65.7 Å². The molecular formula is C28H25IN6O4. The Bertz CT molecular complexity index is 1580. The number of hydrogen-bond donors (Lipinski definition) is 2. The van der Waals surface area contributed by atoms with Crippen LogP contribution in [0.4, 0.5) is 17.5 Å². The Kier molecular flexibility index (Phi) is 8.54. The highest BCUT2D eigenvalue weighted by molar-refractivity contribution is 14.0. The van der Waals surface area contributed by atoms with Crippen LogP contribution in [-0.2, 0) is 0 Å². The van der Waals surface area contributed by atoms with Gasteiger partial charge in [-0.3, -0.25) is 0 Å². The highest BCUT2D eigenvalue weighted by Gasteiger charge is 2.24. The number of nitrogens with zero attached hydrogens (tertiary/aromatic N) is 5. The molecule has 0 radical (unpaired) electrons. The second kappa shape index (κ2) is 12.0. The number of β-amino-alcohol motifs (C(OH)–C–C–N with tert-alkyl or cyclic N) is 1. The normalized spacial score (nSPS) is 14.2. The van der Waals surface area contributed by atoms with Crippen molar-refractivity contribution in [1.29, 1.82) is 10.5 Å². The van der Waals surface area contributed by atoms with E-state index in [9.17, 15) is 10.4 Å². The van der Waals surface area contributed by atoms with E-state index in [1.54, 1.807) is 54.6 Å². The van der Waals surface area contributed by atoms with Gasteiger partial charge in [0.15, 0.2) is 11.5 Å². The van der Waals surface area contributed by atoms with Gasteiger partial charge in [-0.25, -0.2) is 0 Å². The van der Waals surface area contributed by atoms with Gasteiger partial charge in [-0.15, -0.1) is 24.0 Å². The molecular weight excluding hydrogens is 611 g/mol. The summed E-state index contributed by atoms with van der Waals surface area (Å²) in [6.07, 6.45) is 0.193. The van der Waals surface area contributed by atoms with Crippen LogP contribution in [0, 0.1) is 22.7 Å². The Labute approximate surface area is 242 Å². The summed E-state index contributed by atoms with van der Waals surface area (Å²) in [4.78, 5) is 11.2. The van der Waals surface area contributed by atoms with Gasteiger partial charge in [0, 0.05) is 30.2 Å². The fourth-order valence-corrected chi connectivity index (χ4v) is 4.35. The van der Waals surface area contributed by atoms with Crippen LogP contribution in [0.3, 0.4) is 0 Å². The molecule has 2 heterocycles. The Morgan fingerprint density at radius 2 is 1.69 bits per heavy atom. The molecule has 3 aromatic carbocycles. The average Bonchev–Trinajstić information content (AvgIpc) is 3.39. The number of rotatable bonds is 7. The minimum Gasteiger partial charge on any atom is -0.493 e. The standard InChI is InChI=1S/C28H24N6O4.HI/c1-36-23-12-19-11-18(15-30)5-8-22(19)26(37-2)27(23)38-25-13-24(34-10-9-21(35)16-34)32-28(33-25)31-20-6-3-17(14-29)4-7-20;/h3-8,11-13,21,35H,9-10,16H2,1-2H3,(H,31,32,33);1H. The Balaban J connectivity index is 0.00000353. The highest BCUT2D eigenvalue weighted by atomic mass is 127. The summed E-state index contributed by atoms with van der Waals surface area (Å²) in [5, 5.41) is 33.1. The van der Waals surface area contributed by atoms with Crippen LogP contribution in [0.15, 0.2) is 54.6 Å². The molecule has 198 valence electrons. The molecule has 0 saturated carbocycles. The van der Waals surface area contributed by atoms with E-state index in [-0.39, 0.29) is 35.8 Å². The zero-order chi connectivity index (χ0) is 26.6. The van der Waals surface area contributed by atoms with E-state index in [1.807, 2.05) is 4.90 Å². The second-order valence-electron chi connectivity index (χ2n) is 8.68. The number of aliphatic hydroxyl groups excluding tert-OH is 1. The van der Waals surface area contributed by atoms with E-state index >= 15 is 0 Å². The Hall–Kier alpha value is -4.33. The first-order valence-corrected chi connectivity index (χ1v) is 11.9. The molecule has 0 aliphatic carbocycles. The van der Waals surface area contributed by atoms with Gasteiger partial charge in [-0.2, -0.15) is 20.5 Å². The maximum absolute atomic E-state index is 10.1. The maximum atomic E-state index is 10.1. The predicted molar refractivity (Wildman–Crippen MR) is 157 cm³/mol. The summed E-state index contributed by atoms with van der Waals surface area (Å²) >= 11 is 0. The lowest BCUT2D eigenvalue weighted by Crippen LogP contribution is -2.22. The SMILES string of the molecule is COc1cc2cc(C#N)ccc2c(OC)c1Oc1cc(N2CCC(O)C2)nc(Nc2ccc(C#N)cc2)n1.I. The number of ether oxygens (including phenoxy) is 3. The van der Waals surface area contributed by atoms with Crippen molar-refractivity contribution in [3.63, 3.8) is 0 Å². The summed E-state index contributed by atoms with van der Waals surface area (Å²) in [6, 6.07) is 19.9. The molecule has 0 spiro atoms. The van der Waals surface area contributed by atoms with E-state index in [1.165, 1.54) is 14.2 Å². The monoisotopic (exact) mass is 636 g/mol. The van der Waals surface area contributed by atoms with Crippen LogP contribution in [0.25, 0.3) is 10.8 Å². The van der Waals surface area contributed by atoms with Gasteiger partial charge in [0.05, 0.1) is 43.6 Å². The third-order valence-corrected chi connectivity index (χ3v) is 6.22. The molecule has 1 aromatic heterocycles. The molecule has 1 unspecified atom stereocenters. The molecule has 1 aliphatic heterocycles. The van der Waals surface area contributed by atoms with Crippen molar-refractivity contribution in [2.45, 2.75) is 12.5 Å². The van der Waals surface area contributed by atoms with Gasteiger partial charge in [-0.1, -0.05) is 0 Å². The molecule has 0 amide bonds. The number of hydrogen-bond acceptors (Lipinski definition) is 10. The number of methoxy groups -OCH3 is 2. The van der Waals surface area contributed by atoms with Crippen molar-refractivity contribution in [2.24, 2.45) is 0 Å². The lowest BCUT2D eigenvalue weighted by atomic mass is 10.1. The van der Waals surface area contributed by atoms with Crippen LogP contribution in [0.5, 0.6) is 23.1 Å². The topological polar surface area (TPSA) is 137 Å². The first kappa shape index (κ1) is 27.7. The molecule has 5 rings (SSSR count). The van der Waals surface area contributed by atoms with E-state index in [0.717, 1.165) is 10.8 Å². The van der Waals surface area contributed by atoms with Crippen LogP contribution in [0.1, 0.15) is 17.5 Å². The third kappa shape index (κ3) is 5.90. The minimum absolute atomic E-state index is 0. The van der Waals surface area contributed by atoms with E-state index in [4.69, 9.17) is 19.5 Å². The van der Waals surface area contributed by atoms with Crippen LogP contribution >= 0.6 is 24.0 Å². The van der Waals surface area contributed by atoms with Gasteiger partial charge in [0.25, 0.3) is 0 Å². The number of fused-ring (bicyclic) bond motifs is 1. The van der Waals surface area contributed by atoms with Gasteiger partial charge in [0.2, 0.25) is 17.6 Å². The summed E-state index contributed by atoms with van der Waals surface area (Å²) in [5.41, 5.74) is 1.75. The quantitative estimate of drug-likeness (QED) is 0.263. The van der Waals surface area contributed by atoms with Gasteiger partial charge < -0.3 is 29.5 Å². The number of nitriles is 2. The fourth-order valence-electron chi connectivity index (χ4n) is 4.35. The average molecular weight is 636 g/mol. The lowest BCUT2D eigenvalue weighted by molar-refractivity contribution is 0.198. The van der Waals surface area contributed by atoms with E-state index < -0.39 is 6.10 Å². The molecule has 2 N–H and O–H groups in total. The Morgan fingerprint density at radius 3 is 2.33 bits per heavy atom. The Morgan fingerprint density at radius 1 is 0.949 bits per heavy atom. The zero-order valence-electron chi connectivity index (χ0n) is 21.2. The molecule has 11 heteroatoms. The smallest absolute Gasteiger partial charge is 0.232 e. The molecule has 1 aliphatic rings. The molecule has 4 aromatic rings. The second-order valence-corrected chi connectivity index (χ2v) is 8.68. The first-order valence-electron chi connectivity index (χ1n) is 11.9. The van der Waals surface area contributed by atoms with Crippen molar-refractivity contribution in [1.82, 2.24) is 9.97 Å². The van der Waals surface area contributed by atoms with E-state index in [2.05, 4.69) is 27.4 Å². The molecule has 0 bridgehead atoms. The number of anilines is 3. The minimum atomic E-state index is -0.441. The number of aliphatic hydroxyl groups is 1. The first-order chi connectivity index (χ1) is 18.5. The van der Waals surface area contributed by atoms with Crippen molar-refractivity contribution >= 4 is 52.2 Å². The largest absolute Gasteiger partial charge is 0.493 e. The molecule has 39 heavy (non-hydrogen) atoms. The van der Waals surface area contributed by atoms with Crippen LogP contribution in [-0.4, -0.2) is 48.5 Å². The highest BCUT2D eigenvalue weighted by Crippen LogP contribution is 2.46. The molecule has 1 atom stereocenters. The predicted octanol–water partition coefficient (Wildman–Crippen LogP) is 5.12. The molecule has 10 nitrogen and oxygen atoms in total. The third-order valence-electron chi connectivity index (χ3n) is 6.22. The summed E-state index contributed by atoms with van der Waals surface area (Å²) < 4.78 is 17.6. The zero-order valence-corrected chi connectivity index (χ0v) is 23.5. The summed E-state index contributed by atoms with van der Waals surface area (Å²) in [5.74, 6) is 2.26. The van der Waals surface area contributed by atoms with Crippen molar-refractivity contribution < 1.29 is 19.3 Å². The van der Waals surface area contributed by atoms with Gasteiger partial charge >= 0.3 is 0 Å². The van der Waals surface area contributed by atoms with Crippen LogP contribution < -0.4 is 24.4 Å². The number of aromatic nitrogens is 2. The maximum Gasteiger partial charge on any atom is 0.232 e. The van der Waals surface area contributed by atoms with Crippen LogP contribution in [0.2, 0.25) is 0 Å². The number of benzene rings is 3. The molecule has 1 saturated heterocycles. The van der Waals surface area contributed by atoms with Gasteiger partial charge in [0.1, 0.15) is 5.82 Å². The summed E-state index contributed by atoms with van der Waals surface area (Å²) in [7, 11) is 3.06. The number of halogens is 1. The van der Waals surface area contributed by atoms with E-state index in [0.29, 0.717) is 59.4 Å².